The fraction of sp³-hybridized carbons (Fsp3) is 0.125. The number of hydrogen-bond donors (Lipinski definition) is 0. The molecule has 0 aliphatic rings. The molecule has 0 aliphatic heterocycles. The minimum atomic E-state index is 1.64. The molecule has 0 aromatic heterocycles. The fourth-order valence-corrected chi connectivity index (χ4v) is 0.350. The van der Waals surface area contributed by atoms with E-state index in [-0.39, 0.29) is 0 Å². The van der Waals surface area contributed by atoms with Gasteiger partial charge in [-0.2, -0.15) is 0 Å². The van der Waals surface area contributed by atoms with E-state index in [0.717, 1.165) is 0 Å². The predicted octanol–water partition coefficient (Wildman–Crippen LogP) is 2.33. The molecule has 0 rings (SSSR count). The maximum atomic E-state index is 3.53. The SMILES string of the molecule is C=N\C=C/C=C\C=C/C. The molecule has 1 nitrogen and oxygen atoms in total. The van der Waals surface area contributed by atoms with Crippen molar-refractivity contribution in [1.82, 2.24) is 0 Å². The predicted molar refractivity (Wildman–Crippen MR) is 42.6 cm³/mol. The highest BCUT2D eigenvalue weighted by atomic mass is 14.6. The van der Waals surface area contributed by atoms with Crippen LogP contribution in [0.5, 0.6) is 0 Å². The second-order valence-corrected chi connectivity index (χ2v) is 1.43. The Balaban J connectivity index is 3.46. The number of hydrogen-bond acceptors (Lipinski definition) is 1. The molecule has 0 aliphatic carbocycles. The fourth-order valence-electron chi connectivity index (χ4n) is 0.350. The van der Waals surface area contributed by atoms with Crippen LogP contribution in [-0.2, 0) is 0 Å². The second kappa shape index (κ2) is 6.89. The zero-order valence-corrected chi connectivity index (χ0v) is 5.62. The molecular weight excluding hydrogens is 110 g/mol. The molecular formula is C8H11N. The van der Waals surface area contributed by atoms with E-state index in [4.69, 9.17) is 0 Å². The molecule has 0 bridgehead atoms. The Hall–Kier alpha value is -1.11. The van der Waals surface area contributed by atoms with E-state index in [0.29, 0.717) is 0 Å². The molecule has 0 radical (unpaired) electrons. The summed E-state index contributed by atoms with van der Waals surface area (Å²) in [6.45, 7) is 5.26. The number of rotatable bonds is 3. The van der Waals surface area contributed by atoms with Gasteiger partial charge in [0.1, 0.15) is 0 Å². The van der Waals surface area contributed by atoms with Crippen molar-refractivity contribution < 1.29 is 0 Å². The minimum absolute atomic E-state index is 1.64. The Kier molecular flexibility index (Phi) is 6.04. The van der Waals surface area contributed by atoms with Crippen LogP contribution in [0.3, 0.4) is 0 Å². The van der Waals surface area contributed by atoms with Crippen molar-refractivity contribution in [1.29, 1.82) is 0 Å². The second-order valence-electron chi connectivity index (χ2n) is 1.43. The summed E-state index contributed by atoms with van der Waals surface area (Å²) in [5.41, 5.74) is 0. The molecule has 0 aromatic carbocycles. The van der Waals surface area contributed by atoms with Gasteiger partial charge in [0.15, 0.2) is 0 Å². The van der Waals surface area contributed by atoms with Crippen LogP contribution >= 0.6 is 0 Å². The Morgan fingerprint density at radius 2 is 1.78 bits per heavy atom. The highest BCUT2D eigenvalue weighted by Gasteiger charge is 1.57. The Morgan fingerprint density at radius 1 is 1.11 bits per heavy atom. The maximum Gasteiger partial charge on any atom is 0.0260 e. The summed E-state index contributed by atoms with van der Waals surface area (Å²) in [6, 6.07) is 0. The zero-order chi connectivity index (χ0) is 6.95. The van der Waals surface area contributed by atoms with Crippen molar-refractivity contribution in [3.8, 4) is 0 Å². The van der Waals surface area contributed by atoms with Crippen LogP contribution in [0.25, 0.3) is 0 Å². The van der Waals surface area contributed by atoms with Crippen molar-refractivity contribution in [2.75, 3.05) is 0 Å². The van der Waals surface area contributed by atoms with Crippen molar-refractivity contribution in [3.63, 3.8) is 0 Å². The van der Waals surface area contributed by atoms with Gasteiger partial charge in [-0.15, -0.1) is 0 Å². The summed E-state index contributed by atoms with van der Waals surface area (Å²) < 4.78 is 0. The molecule has 0 saturated carbocycles. The molecule has 0 fully saturated rings. The summed E-state index contributed by atoms with van der Waals surface area (Å²) in [6.07, 6.45) is 11.2. The third-order valence-electron chi connectivity index (χ3n) is 0.717. The Labute approximate surface area is 56.1 Å². The summed E-state index contributed by atoms with van der Waals surface area (Å²) in [7, 11) is 0. The number of aliphatic imine (C=N–C) groups is 1. The van der Waals surface area contributed by atoms with Crippen molar-refractivity contribution >= 4 is 6.72 Å². The van der Waals surface area contributed by atoms with Crippen molar-refractivity contribution in [2.45, 2.75) is 6.92 Å². The van der Waals surface area contributed by atoms with Gasteiger partial charge >= 0.3 is 0 Å². The van der Waals surface area contributed by atoms with Gasteiger partial charge in [-0.25, -0.2) is 0 Å². The monoisotopic (exact) mass is 121 g/mol. The van der Waals surface area contributed by atoms with E-state index in [2.05, 4.69) is 11.7 Å². The zero-order valence-electron chi connectivity index (χ0n) is 5.62. The van der Waals surface area contributed by atoms with E-state index in [1.165, 1.54) is 0 Å². The lowest BCUT2D eigenvalue weighted by atomic mass is 10.4. The molecule has 0 heterocycles. The average molecular weight is 121 g/mol. The van der Waals surface area contributed by atoms with Gasteiger partial charge in [-0.05, 0) is 19.7 Å². The first-order valence-electron chi connectivity index (χ1n) is 2.82. The lowest BCUT2D eigenvalue weighted by Gasteiger charge is -1.69. The first-order chi connectivity index (χ1) is 4.41. The van der Waals surface area contributed by atoms with E-state index in [1.54, 1.807) is 6.20 Å². The normalized spacial score (nSPS) is 12.1. The third kappa shape index (κ3) is 6.89. The molecule has 0 aromatic rings. The Morgan fingerprint density at radius 3 is 2.33 bits per heavy atom. The van der Waals surface area contributed by atoms with Crippen molar-refractivity contribution in [3.05, 3.63) is 36.6 Å². The average Bonchev–Trinajstić information content (AvgIpc) is 1.89. The molecule has 1 heteroatoms. The van der Waals surface area contributed by atoms with Crippen LogP contribution in [0, 0.1) is 0 Å². The molecule has 0 N–H and O–H groups in total. The maximum absolute atomic E-state index is 3.53. The summed E-state index contributed by atoms with van der Waals surface area (Å²) in [5.74, 6) is 0. The van der Waals surface area contributed by atoms with E-state index >= 15 is 0 Å². The summed E-state index contributed by atoms with van der Waals surface area (Å²) in [4.78, 5) is 3.53. The van der Waals surface area contributed by atoms with Crippen LogP contribution in [0.15, 0.2) is 41.6 Å². The van der Waals surface area contributed by atoms with E-state index in [1.807, 2.05) is 37.3 Å². The summed E-state index contributed by atoms with van der Waals surface area (Å²) in [5, 5.41) is 0. The third-order valence-corrected chi connectivity index (χ3v) is 0.717. The van der Waals surface area contributed by atoms with Gasteiger partial charge in [-0.3, -0.25) is 4.99 Å². The largest absolute Gasteiger partial charge is 0.273 e. The van der Waals surface area contributed by atoms with Crippen LogP contribution in [-0.4, -0.2) is 6.72 Å². The van der Waals surface area contributed by atoms with Gasteiger partial charge < -0.3 is 0 Å². The lowest BCUT2D eigenvalue weighted by molar-refractivity contribution is 1.61. The highest BCUT2D eigenvalue weighted by molar-refractivity contribution is 5.26. The van der Waals surface area contributed by atoms with Crippen LogP contribution in [0.4, 0.5) is 0 Å². The van der Waals surface area contributed by atoms with Gasteiger partial charge in [-0.1, -0.05) is 24.3 Å². The first-order valence-corrected chi connectivity index (χ1v) is 2.82. The van der Waals surface area contributed by atoms with Crippen molar-refractivity contribution in [2.24, 2.45) is 4.99 Å². The standard InChI is InChI=1S/C8H11N/c1-3-4-5-6-7-8-9-2/h3-8H,2H2,1H3/b4-3-,6-5-,8-7-. The quantitative estimate of drug-likeness (QED) is 0.401. The van der Waals surface area contributed by atoms with Gasteiger partial charge in [0, 0.05) is 6.20 Å². The van der Waals surface area contributed by atoms with Crippen LogP contribution in [0.2, 0.25) is 0 Å². The number of nitrogens with zero attached hydrogens (tertiary/aromatic N) is 1. The van der Waals surface area contributed by atoms with Gasteiger partial charge in [0.25, 0.3) is 0 Å². The molecule has 0 saturated heterocycles. The highest BCUT2D eigenvalue weighted by Crippen LogP contribution is 1.78. The van der Waals surface area contributed by atoms with Gasteiger partial charge in [0.2, 0.25) is 0 Å². The molecule has 0 amide bonds. The summed E-state index contributed by atoms with van der Waals surface area (Å²) >= 11 is 0. The molecule has 0 atom stereocenters. The van der Waals surface area contributed by atoms with E-state index in [9.17, 15) is 0 Å². The topological polar surface area (TPSA) is 12.4 Å². The van der Waals surface area contributed by atoms with E-state index < -0.39 is 0 Å². The number of allylic oxidation sites excluding steroid dienone is 5. The lowest BCUT2D eigenvalue weighted by Crippen LogP contribution is -1.48. The molecule has 0 unspecified atom stereocenters. The smallest absolute Gasteiger partial charge is 0.0260 e. The Bertz CT molecular complexity index is 141. The van der Waals surface area contributed by atoms with Crippen LogP contribution < -0.4 is 0 Å². The molecule has 48 valence electrons. The van der Waals surface area contributed by atoms with Crippen LogP contribution in [0.1, 0.15) is 6.92 Å². The van der Waals surface area contributed by atoms with Gasteiger partial charge in [0.05, 0.1) is 0 Å². The minimum Gasteiger partial charge on any atom is -0.273 e. The molecule has 9 heavy (non-hydrogen) atoms. The first kappa shape index (κ1) is 7.89. The molecule has 0 spiro atoms.